The van der Waals surface area contributed by atoms with Crippen molar-refractivity contribution < 1.29 is 13.2 Å². The molecule has 0 aromatic heterocycles. The minimum absolute atomic E-state index is 0.286. The molecular formula is C15H24N2O3S. The summed E-state index contributed by atoms with van der Waals surface area (Å²) in [6.07, 6.45) is 0.919. The highest BCUT2D eigenvalue weighted by Crippen LogP contribution is 2.14. The molecule has 1 fully saturated rings. The van der Waals surface area contributed by atoms with Gasteiger partial charge in [-0.05, 0) is 30.0 Å². The molecule has 1 atom stereocenters. The SMILES string of the molecule is CC(C)NCc1ccc(S(=O)(=O)NCC2CCOC2)cc1. The molecule has 1 aromatic carbocycles. The predicted molar refractivity (Wildman–Crippen MR) is 82.5 cm³/mol. The van der Waals surface area contributed by atoms with Crippen molar-refractivity contribution in [2.45, 2.75) is 37.8 Å². The molecule has 0 amide bonds. The van der Waals surface area contributed by atoms with Gasteiger partial charge in [0.15, 0.2) is 0 Å². The van der Waals surface area contributed by atoms with Crippen molar-refractivity contribution >= 4 is 10.0 Å². The molecule has 1 aromatic rings. The monoisotopic (exact) mass is 312 g/mol. The Balaban J connectivity index is 1.92. The lowest BCUT2D eigenvalue weighted by molar-refractivity contribution is 0.186. The zero-order chi connectivity index (χ0) is 15.3. The van der Waals surface area contributed by atoms with E-state index in [1.165, 1.54) is 0 Å². The van der Waals surface area contributed by atoms with Crippen molar-refractivity contribution in [2.24, 2.45) is 5.92 Å². The van der Waals surface area contributed by atoms with Crippen molar-refractivity contribution in [1.29, 1.82) is 0 Å². The Labute approximate surface area is 127 Å². The first-order valence-corrected chi connectivity index (χ1v) is 8.85. The molecule has 118 valence electrons. The van der Waals surface area contributed by atoms with Crippen LogP contribution in [0.3, 0.4) is 0 Å². The van der Waals surface area contributed by atoms with Gasteiger partial charge < -0.3 is 10.1 Å². The van der Waals surface area contributed by atoms with E-state index < -0.39 is 10.0 Å². The summed E-state index contributed by atoms with van der Waals surface area (Å²) in [6, 6.07) is 7.42. The zero-order valence-electron chi connectivity index (χ0n) is 12.6. The average Bonchev–Trinajstić information content (AvgIpc) is 2.97. The van der Waals surface area contributed by atoms with Gasteiger partial charge in [0.2, 0.25) is 10.0 Å². The third-order valence-electron chi connectivity index (χ3n) is 3.53. The van der Waals surface area contributed by atoms with Gasteiger partial charge in [-0.25, -0.2) is 13.1 Å². The van der Waals surface area contributed by atoms with Crippen molar-refractivity contribution in [3.8, 4) is 0 Å². The van der Waals surface area contributed by atoms with Gasteiger partial charge in [-0.2, -0.15) is 0 Å². The molecule has 1 saturated heterocycles. The van der Waals surface area contributed by atoms with Crippen LogP contribution in [0.4, 0.5) is 0 Å². The molecule has 1 unspecified atom stereocenters. The first kappa shape index (κ1) is 16.4. The van der Waals surface area contributed by atoms with E-state index >= 15 is 0 Å². The lowest BCUT2D eigenvalue weighted by atomic mass is 10.1. The second-order valence-electron chi connectivity index (χ2n) is 5.76. The van der Waals surface area contributed by atoms with Gasteiger partial charge in [-0.3, -0.25) is 0 Å². The zero-order valence-corrected chi connectivity index (χ0v) is 13.4. The molecule has 1 aliphatic heterocycles. The number of hydrogen-bond donors (Lipinski definition) is 2. The summed E-state index contributed by atoms with van der Waals surface area (Å²) in [6.45, 7) is 6.71. The molecule has 0 bridgehead atoms. The lowest BCUT2D eigenvalue weighted by Gasteiger charge is -2.11. The van der Waals surface area contributed by atoms with Gasteiger partial charge >= 0.3 is 0 Å². The van der Waals surface area contributed by atoms with E-state index in [0.717, 1.165) is 25.1 Å². The van der Waals surface area contributed by atoms with Crippen LogP contribution in [0.2, 0.25) is 0 Å². The van der Waals surface area contributed by atoms with Gasteiger partial charge in [-0.1, -0.05) is 26.0 Å². The summed E-state index contributed by atoms with van der Waals surface area (Å²) in [5, 5.41) is 3.30. The van der Waals surface area contributed by atoms with Crippen molar-refractivity contribution in [3.63, 3.8) is 0 Å². The maximum absolute atomic E-state index is 12.2. The summed E-state index contributed by atoms with van der Waals surface area (Å²) < 4.78 is 32.3. The Hall–Kier alpha value is -0.950. The molecule has 21 heavy (non-hydrogen) atoms. The minimum Gasteiger partial charge on any atom is -0.381 e. The Morgan fingerprint density at radius 2 is 2.00 bits per heavy atom. The van der Waals surface area contributed by atoms with Crippen LogP contribution in [0, 0.1) is 5.92 Å². The standard InChI is InChI=1S/C15H24N2O3S/c1-12(2)16-9-13-3-5-15(6-4-13)21(18,19)17-10-14-7-8-20-11-14/h3-6,12,14,16-17H,7-11H2,1-2H3. The summed E-state index contributed by atoms with van der Waals surface area (Å²) in [5.74, 6) is 0.286. The van der Waals surface area contributed by atoms with Crippen molar-refractivity contribution in [1.82, 2.24) is 10.0 Å². The van der Waals surface area contributed by atoms with Crippen LogP contribution in [-0.4, -0.2) is 34.2 Å². The van der Waals surface area contributed by atoms with Crippen LogP contribution in [0.5, 0.6) is 0 Å². The van der Waals surface area contributed by atoms with Crippen LogP contribution >= 0.6 is 0 Å². The van der Waals surface area contributed by atoms with Crippen molar-refractivity contribution in [3.05, 3.63) is 29.8 Å². The third kappa shape index (κ3) is 5.07. The van der Waals surface area contributed by atoms with Gasteiger partial charge in [0.25, 0.3) is 0 Å². The Bertz CT molecular complexity index is 535. The fraction of sp³-hybridized carbons (Fsp3) is 0.600. The first-order chi connectivity index (χ1) is 9.97. The molecular weight excluding hydrogens is 288 g/mol. The molecule has 2 rings (SSSR count). The van der Waals surface area contributed by atoms with Crippen molar-refractivity contribution in [2.75, 3.05) is 19.8 Å². The van der Waals surface area contributed by atoms with Crippen LogP contribution in [0.25, 0.3) is 0 Å². The molecule has 0 radical (unpaired) electrons. The van der Waals surface area contributed by atoms with Gasteiger partial charge in [-0.15, -0.1) is 0 Å². The predicted octanol–water partition coefficient (Wildman–Crippen LogP) is 1.50. The number of ether oxygens (including phenoxy) is 1. The highest BCUT2D eigenvalue weighted by molar-refractivity contribution is 7.89. The summed E-state index contributed by atoms with van der Waals surface area (Å²) >= 11 is 0. The molecule has 6 heteroatoms. The Kier molecular flexibility index (Phi) is 5.75. The molecule has 0 aliphatic carbocycles. The molecule has 1 heterocycles. The van der Waals surface area contributed by atoms with Crippen LogP contribution in [0.15, 0.2) is 29.2 Å². The summed E-state index contributed by atoms with van der Waals surface area (Å²) in [7, 11) is -3.42. The van der Waals surface area contributed by atoms with Gasteiger partial charge in [0, 0.05) is 25.7 Å². The van der Waals surface area contributed by atoms with Gasteiger partial charge in [0.1, 0.15) is 0 Å². The number of hydrogen-bond acceptors (Lipinski definition) is 4. The fourth-order valence-corrected chi connectivity index (χ4v) is 3.28. The second-order valence-corrected chi connectivity index (χ2v) is 7.53. The molecule has 2 N–H and O–H groups in total. The molecule has 5 nitrogen and oxygen atoms in total. The largest absolute Gasteiger partial charge is 0.381 e. The summed E-state index contributed by atoms with van der Waals surface area (Å²) in [5.41, 5.74) is 1.08. The van der Waals surface area contributed by atoms with E-state index in [4.69, 9.17) is 4.74 Å². The Morgan fingerprint density at radius 1 is 1.29 bits per heavy atom. The highest BCUT2D eigenvalue weighted by atomic mass is 32.2. The Morgan fingerprint density at radius 3 is 2.57 bits per heavy atom. The van der Waals surface area contributed by atoms with E-state index in [0.29, 0.717) is 24.1 Å². The van der Waals surface area contributed by atoms with E-state index in [2.05, 4.69) is 23.9 Å². The fourth-order valence-electron chi connectivity index (χ4n) is 2.16. The third-order valence-corrected chi connectivity index (χ3v) is 4.97. The first-order valence-electron chi connectivity index (χ1n) is 7.37. The topological polar surface area (TPSA) is 67.4 Å². The van der Waals surface area contributed by atoms with Crippen LogP contribution < -0.4 is 10.0 Å². The maximum atomic E-state index is 12.2. The number of benzene rings is 1. The highest BCUT2D eigenvalue weighted by Gasteiger charge is 2.20. The van der Waals surface area contributed by atoms with Gasteiger partial charge in [0.05, 0.1) is 11.5 Å². The number of sulfonamides is 1. The van der Waals surface area contributed by atoms with Crippen LogP contribution in [-0.2, 0) is 21.3 Å². The maximum Gasteiger partial charge on any atom is 0.240 e. The summed E-state index contributed by atoms with van der Waals surface area (Å²) in [4.78, 5) is 0.315. The van der Waals surface area contributed by atoms with E-state index in [9.17, 15) is 8.42 Å². The van der Waals surface area contributed by atoms with E-state index in [-0.39, 0.29) is 5.92 Å². The van der Waals surface area contributed by atoms with Crippen LogP contribution in [0.1, 0.15) is 25.8 Å². The number of rotatable bonds is 7. The molecule has 1 aliphatic rings. The minimum atomic E-state index is -3.42. The van der Waals surface area contributed by atoms with E-state index in [1.807, 2.05) is 12.1 Å². The number of nitrogens with one attached hydrogen (secondary N) is 2. The average molecular weight is 312 g/mol. The molecule has 0 saturated carbocycles. The van der Waals surface area contributed by atoms with E-state index in [1.54, 1.807) is 12.1 Å². The normalized spacial score (nSPS) is 19.3. The molecule has 0 spiro atoms. The second kappa shape index (κ2) is 7.35. The lowest BCUT2D eigenvalue weighted by Crippen LogP contribution is -2.29. The quantitative estimate of drug-likeness (QED) is 0.801. The smallest absolute Gasteiger partial charge is 0.240 e.